The van der Waals surface area contributed by atoms with Crippen molar-refractivity contribution in [2.24, 2.45) is 17.6 Å². The first-order valence-electron chi connectivity index (χ1n) is 5.39. The van der Waals surface area contributed by atoms with Gasteiger partial charge in [0.15, 0.2) is 0 Å². The predicted molar refractivity (Wildman–Crippen MR) is 51.6 cm³/mol. The summed E-state index contributed by atoms with van der Waals surface area (Å²) in [6, 6.07) is 0. The van der Waals surface area contributed by atoms with Crippen molar-refractivity contribution in [2.45, 2.75) is 25.2 Å². The summed E-state index contributed by atoms with van der Waals surface area (Å²) in [5.74, 6) is -4.78. The zero-order chi connectivity index (χ0) is 11.9. The summed E-state index contributed by atoms with van der Waals surface area (Å²) in [4.78, 5) is 24.1. The molecule has 1 heterocycles. The van der Waals surface area contributed by atoms with Crippen LogP contribution in [-0.4, -0.2) is 35.7 Å². The molecule has 2 aliphatic rings. The van der Waals surface area contributed by atoms with Crippen LogP contribution in [0.25, 0.3) is 0 Å². The van der Waals surface area contributed by atoms with Crippen molar-refractivity contribution < 1.29 is 18.4 Å². The Labute approximate surface area is 91.8 Å². The van der Waals surface area contributed by atoms with Crippen molar-refractivity contribution >= 4 is 11.8 Å². The van der Waals surface area contributed by atoms with E-state index in [9.17, 15) is 18.4 Å². The first-order valence-corrected chi connectivity index (χ1v) is 5.39. The lowest BCUT2D eigenvalue weighted by molar-refractivity contribution is -0.146. The Morgan fingerprint density at radius 3 is 2.19 bits per heavy atom. The lowest BCUT2D eigenvalue weighted by Gasteiger charge is -2.21. The van der Waals surface area contributed by atoms with Crippen LogP contribution in [0.1, 0.15) is 19.3 Å². The highest BCUT2D eigenvalue weighted by atomic mass is 19.3. The highest BCUT2D eigenvalue weighted by Crippen LogP contribution is 2.40. The molecular weight excluding hydrogens is 218 g/mol. The van der Waals surface area contributed by atoms with Crippen LogP contribution in [-0.2, 0) is 9.59 Å². The van der Waals surface area contributed by atoms with E-state index in [1.165, 1.54) is 0 Å². The van der Waals surface area contributed by atoms with E-state index in [1.54, 1.807) is 0 Å². The number of carbonyl (C=O) groups excluding carboxylic acids is 2. The van der Waals surface area contributed by atoms with Crippen molar-refractivity contribution in [3.63, 3.8) is 0 Å². The number of halogens is 2. The minimum atomic E-state index is -3.18. The standard InChI is InChI=1S/C10H14F2N2O2/c11-10(12,4-13)5-14-8(15)6-2-1-3-7(6)9(14)16/h6-7H,1-5,13H2. The smallest absolute Gasteiger partial charge is 0.277 e. The van der Waals surface area contributed by atoms with Crippen LogP contribution in [0.2, 0.25) is 0 Å². The molecule has 1 saturated carbocycles. The van der Waals surface area contributed by atoms with E-state index < -0.39 is 30.8 Å². The van der Waals surface area contributed by atoms with Crippen LogP contribution < -0.4 is 5.73 Å². The zero-order valence-corrected chi connectivity index (χ0v) is 8.79. The molecule has 2 fully saturated rings. The molecule has 0 spiro atoms. The molecule has 1 aliphatic heterocycles. The number of imide groups is 1. The predicted octanol–water partition coefficient (Wildman–Crippen LogP) is 0.365. The number of hydrogen-bond donors (Lipinski definition) is 1. The highest BCUT2D eigenvalue weighted by Gasteiger charge is 2.51. The molecule has 90 valence electrons. The summed E-state index contributed by atoms with van der Waals surface area (Å²) in [7, 11) is 0. The van der Waals surface area contributed by atoms with Gasteiger partial charge in [-0.15, -0.1) is 0 Å². The van der Waals surface area contributed by atoms with E-state index >= 15 is 0 Å². The van der Waals surface area contributed by atoms with Gasteiger partial charge in [-0.25, -0.2) is 8.78 Å². The van der Waals surface area contributed by atoms with Crippen LogP contribution in [0, 0.1) is 11.8 Å². The molecule has 0 aromatic heterocycles. The third-order valence-corrected chi connectivity index (χ3v) is 3.37. The van der Waals surface area contributed by atoms with Gasteiger partial charge in [0.1, 0.15) is 0 Å². The van der Waals surface area contributed by atoms with Crippen molar-refractivity contribution in [3.05, 3.63) is 0 Å². The van der Waals surface area contributed by atoms with Gasteiger partial charge in [0.05, 0.1) is 24.9 Å². The van der Waals surface area contributed by atoms with E-state index in [0.717, 1.165) is 6.42 Å². The van der Waals surface area contributed by atoms with Gasteiger partial charge in [-0.1, -0.05) is 6.42 Å². The minimum Gasteiger partial charge on any atom is -0.325 e. The van der Waals surface area contributed by atoms with Gasteiger partial charge in [0, 0.05) is 0 Å². The van der Waals surface area contributed by atoms with E-state index in [4.69, 9.17) is 5.73 Å². The van der Waals surface area contributed by atoms with Crippen LogP contribution in [0.3, 0.4) is 0 Å². The third kappa shape index (κ3) is 1.71. The maximum atomic E-state index is 13.1. The number of alkyl halides is 2. The highest BCUT2D eigenvalue weighted by molar-refractivity contribution is 6.05. The Morgan fingerprint density at radius 2 is 1.75 bits per heavy atom. The molecule has 2 rings (SSSR count). The first kappa shape index (κ1) is 11.4. The van der Waals surface area contributed by atoms with Crippen molar-refractivity contribution in [3.8, 4) is 0 Å². The third-order valence-electron chi connectivity index (χ3n) is 3.37. The van der Waals surface area contributed by atoms with Gasteiger partial charge in [0.2, 0.25) is 11.8 Å². The Kier molecular flexibility index (Phi) is 2.69. The molecule has 0 bridgehead atoms. The van der Waals surface area contributed by atoms with Gasteiger partial charge in [0.25, 0.3) is 5.92 Å². The first-order chi connectivity index (χ1) is 7.46. The molecule has 1 saturated heterocycles. The summed E-state index contributed by atoms with van der Waals surface area (Å²) in [5, 5.41) is 0. The number of carbonyl (C=O) groups is 2. The maximum absolute atomic E-state index is 13.1. The summed E-state index contributed by atoms with van der Waals surface area (Å²) < 4.78 is 26.1. The fourth-order valence-corrected chi connectivity index (χ4v) is 2.51. The second kappa shape index (κ2) is 3.76. The fourth-order valence-electron chi connectivity index (χ4n) is 2.51. The van der Waals surface area contributed by atoms with Crippen molar-refractivity contribution in [2.75, 3.05) is 13.1 Å². The molecule has 0 radical (unpaired) electrons. The van der Waals surface area contributed by atoms with Crippen LogP contribution in [0.15, 0.2) is 0 Å². The Balaban J connectivity index is 2.12. The minimum absolute atomic E-state index is 0.360. The number of fused-ring (bicyclic) bond motifs is 1. The topological polar surface area (TPSA) is 63.4 Å². The van der Waals surface area contributed by atoms with Gasteiger partial charge in [-0.3, -0.25) is 14.5 Å². The van der Waals surface area contributed by atoms with Crippen LogP contribution >= 0.6 is 0 Å². The number of amides is 2. The summed E-state index contributed by atoms with van der Waals surface area (Å²) in [5.41, 5.74) is 4.89. The zero-order valence-electron chi connectivity index (χ0n) is 8.79. The van der Waals surface area contributed by atoms with Gasteiger partial charge >= 0.3 is 0 Å². The number of hydrogen-bond acceptors (Lipinski definition) is 3. The Hall–Kier alpha value is -1.04. The SMILES string of the molecule is NCC(F)(F)CN1C(=O)C2CCCC2C1=O. The molecule has 1 aliphatic carbocycles. The number of likely N-dealkylation sites (tertiary alicyclic amines) is 1. The van der Waals surface area contributed by atoms with Crippen molar-refractivity contribution in [1.82, 2.24) is 4.90 Å². The molecule has 2 atom stereocenters. The van der Waals surface area contributed by atoms with E-state index in [1.807, 2.05) is 0 Å². The number of nitrogens with two attached hydrogens (primary N) is 1. The maximum Gasteiger partial charge on any atom is 0.277 e. The monoisotopic (exact) mass is 232 g/mol. The second-order valence-electron chi connectivity index (χ2n) is 4.47. The molecule has 2 N–H and O–H groups in total. The number of rotatable bonds is 3. The van der Waals surface area contributed by atoms with E-state index in [2.05, 4.69) is 0 Å². The molecule has 6 heteroatoms. The molecule has 0 aromatic rings. The largest absolute Gasteiger partial charge is 0.325 e. The molecular formula is C10H14F2N2O2. The van der Waals surface area contributed by atoms with Gasteiger partial charge < -0.3 is 5.73 Å². The normalized spacial score (nSPS) is 30.1. The average Bonchev–Trinajstić information content (AvgIpc) is 2.79. The molecule has 2 amide bonds. The lowest BCUT2D eigenvalue weighted by atomic mass is 10.00. The van der Waals surface area contributed by atoms with E-state index in [-0.39, 0.29) is 11.8 Å². The van der Waals surface area contributed by atoms with E-state index in [0.29, 0.717) is 17.7 Å². The lowest BCUT2D eigenvalue weighted by Crippen LogP contribution is -2.45. The summed E-state index contributed by atoms with van der Waals surface area (Å²) in [6.07, 6.45) is 2.10. The fraction of sp³-hybridized carbons (Fsp3) is 0.800. The summed E-state index contributed by atoms with van der Waals surface area (Å²) >= 11 is 0. The molecule has 0 aromatic carbocycles. The van der Waals surface area contributed by atoms with Crippen LogP contribution in [0.5, 0.6) is 0 Å². The Bertz CT molecular complexity index is 311. The average molecular weight is 232 g/mol. The molecule has 2 unspecified atom stereocenters. The Morgan fingerprint density at radius 1 is 1.25 bits per heavy atom. The van der Waals surface area contributed by atoms with Gasteiger partial charge in [-0.2, -0.15) is 0 Å². The van der Waals surface area contributed by atoms with Crippen LogP contribution in [0.4, 0.5) is 8.78 Å². The molecule has 16 heavy (non-hydrogen) atoms. The summed E-state index contributed by atoms with van der Waals surface area (Å²) in [6.45, 7) is -1.71. The van der Waals surface area contributed by atoms with Crippen molar-refractivity contribution in [1.29, 1.82) is 0 Å². The van der Waals surface area contributed by atoms with Gasteiger partial charge in [-0.05, 0) is 12.8 Å². The number of nitrogens with zero attached hydrogens (tertiary/aromatic N) is 1. The second-order valence-corrected chi connectivity index (χ2v) is 4.47. The molecule has 4 nitrogen and oxygen atoms in total. The quantitative estimate of drug-likeness (QED) is 0.715.